The standard InChI is InChI=1S/C23H21N3O3/c24-14-15-4-7-19(8-5-15)29-20-9-11-21-16(12-20)6-10-22(26-21)23(28)25-17-2-1-3-18(27)13-17/h4-12,17-18,27H,1-3,13H2,(H,25,28). The summed E-state index contributed by atoms with van der Waals surface area (Å²) < 4.78 is 5.83. The first-order valence-corrected chi connectivity index (χ1v) is 9.68. The maximum atomic E-state index is 12.5. The summed E-state index contributed by atoms with van der Waals surface area (Å²) in [6, 6.07) is 18.0. The number of carbonyl (C=O) groups excluding carboxylic acids is 1. The third-order valence-corrected chi connectivity index (χ3v) is 5.09. The van der Waals surface area contributed by atoms with Gasteiger partial charge in [0.25, 0.3) is 5.91 Å². The number of aliphatic hydroxyl groups is 1. The summed E-state index contributed by atoms with van der Waals surface area (Å²) in [5, 5.41) is 22.5. The van der Waals surface area contributed by atoms with Gasteiger partial charge in [-0.05, 0) is 74.2 Å². The summed E-state index contributed by atoms with van der Waals surface area (Å²) in [6.45, 7) is 0. The molecule has 2 atom stereocenters. The van der Waals surface area contributed by atoms with Crippen molar-refractivity contribution in [2.24, 2.45) is 0 Å². The van der Waals surface area contributed by atoms with E-state index in [4.69, 9.17) is 10.00 Å². The van der Waals surface area contributed by atoms with Gasteiger partial charge in [-0.2, -0.15) is 5.26 Å². The fourth-order valence-electron chi connectivity index (χ4n) is 3.58. The van der Waals surface area contributed by atoms with Crippen molar-refractivity contribution >= 4 is 16.8 Å². The average Bonchev–Trinajstić information content (AvgIpc) is 2.74. The zero-order valence-electron chi connectivity index (χ0n) is 15.8. The molecule has 0 saturated heterocycles. The molecule has 0 radical (unpaired) electrons. The molecule has 1 aliphatic carbocycles. The van der Waals surface area contributed by atoms with Gasteiger partial charge in [0.05, 0.1) is 23.3 Å². The van der Waals surface area contributed by atoms with Gasteiger partial charge in [-0.25, -0.2) is 4.98 Å². The number of hydrogen-bond acceptors (Lipinski definition) is 5. The fourth-order valence-corrected chi connectivity index (χ4v) is 3.58. The van der Waals surface area contributed by atoms with E-state index in [1.807, 2.05) is 18.2 Å². The zero-order valence-corrected chi connectivity index (χ0v) is 15.8. The van der Waals surface area contributed by atoms with Crippen molar-refractivity contribution in [3.63, 3.8) is 0 Å². The van der Waals surface area contributed by atoms with Crippen LogP contribution in [-0.4, -0.2) is 28.1 Å². The van der Waals surface area contributed by atoms with Gasteiger partial charge in [-0.1, -0.05) is 6.07 Å². The molecule has 6 heteroatoms. The van der Waals surface area contributed by atoms with E-state index < -0.39 is 0 Å². The number of nitrogens with one attached hydrogen (secondary N) is 1. The molecule has 1 fully saturated rings. The minimum Gasteiger partial charge on any atom is -0.457 e. The Bertz CT molecular complexity index is 1070. The molecule has 1 aliphatic rings. The highest BCUT2D eigenvalue weighted by molar-refractivity contribution is 5.95. The van der Waals surface area contributed by atoms with Crippen LogP contribution in [-0.2, 0) is 0 Å². The maximum absolute atomic E-state index is 12.5. The fraction of sp³-hybridized carbons (Fsp3) is 0.261. The second-order valence-corrected chi connectivity index (χ2v) is 7.28. The Kier molecular flexibility index (Phi) is 5.41. The highest BCUT2D eigenvalue weighted by atomic mass is 16.5. The van der Waals surface area contributed by atoms with Crippen LogP contribution < -0.4 is 10.1 Å². The number of amides is 1. The number of hydrogen-bond donors (Lipinski definition) is 2. The van der Waals surface area contributed by atoms with Crippen LogP contribution in [0.5, 0.6) is 11.5 Å². The van der Waals surface area contributed by atoms with Crippen molar-refractivity contribution in [1.29, 1.82) is 5.26 Å². The van der Waals surface area contributed by atoms with E-state index in [0.29, 0.717) is 34.7 Å². The monoisotopic (exact) mass is 387 g/mol. The summed E-state index contributed by atoms with van der Waals surface area (Å²) in [6.07, 6.45) is 2.85. The van der Waals surface area contributed by atoms with Crippen LogP contribution in [0.25, 0.3) is 10.9 Å². The summed E-state index contributed by atoms with van der Waals surface area (Å²) in [5.74, 6) is 1.07. The van der Waals surface area contributed by atoms with Gasteiger partial charge in [-0.3, -0.25) is 4.79 Å². The summed E-state index contributed by atoms with van der Waals surface area (Å²) in [5.41, 5.74) is 1.64. The lowest BCUT2D eigenvalue weighted by Crippen LogP contribution is -2.40. The Hall–Kier alpha value is -3.43. The number of nitriles is 1. The number of pyridine rings is 1. The van der Waals surface area contributed by atoms with E-state index in [2.05, 4.69) is 16.4 Å². The van der Waals surface area contributed by atoms with Crippen LogP contribution in [0.15, 0.2) is 54.6 Å². The molecule has 0 bridgehead atoms. The van der Waals surface area contributed by atoms with Crippen molar-refractivity contribution < 1.29 is 14.6 Å². The van der Waals surface area contributed by atoms with Crippen molar-refractivity contribution in [3.05, 3.63) is 65.9 Å². The van der Waals surface area contributed by atoms with Gasteiger partial charge in [0.2, 0.25) is 0 Å². The zero-order chi connectivity index (χ0) is 20.2. The lowest BCUT2D eigenvalue weighted by Gasteiger charge is -2.26. The molecule has 6 nitrogen and oxygen atoms in total. The number of benzene rings is 2. The molecular formula is C23H21N3O3. The van der Waals surface area contributed by atoms with Crippen LogP contribution in [0, 0.1) is 11.3 Å². The molecule has 2 aromatic carbocycles. The summed E-state index contributed by atoms with van der Waals surface area (Å²) in [4.78, 5) is 17.0. The van der Waals surface area contributed by atoms with Gasteiger partial charge >= 0.3 is 0 Å². The third-order valence-electron chi connectivity index (χ3n) is 5.09. The predicted molar refractivity (Wildman–Crippen MR) is 109 cm³/mol. The number of ether oxygens (including phenoxy) is 1. The van der Waals surface area contributed by atoms with Crippen LogP contribution in [0.3, 0.4) is 0 Å². The Morgan fingerprint density at radius 3 is 2.66 bits per heavy atom. The molecule has 0 spiro atoms. The maximum Gasteiger partial charge on any atom is 0.270 e. The Balaban J connectivity index is 1.47. The Morgan fingerprint density at radius 2 is 1.90 bits per heavy atom. The molecule has 146 valence electrons. The molecule has 1 amide bonds. The van der Waals surface area contributed by atoms with Crippen LogP contribution in [0.4, 0.5) is 0 Å². The molecule has 2 unspecified atom stereocenters. The van der Waals surface area contributed by atoms with E-state index in [0.717, 1.165) is 24.6 Å². The third kappa shape index (κ3) is 4.53. The Morgan fingerprint density at radius 1 is 1.10 bits per heavy atom. The van der Waals surface area contributed by atoms with Gasteiger partial charge in [0.1, 0.15) is 17.2 Å². The van der Waals surface area contributed by atoms with Gasteiger partial charge < -0.3 is 15.2 Å². The van der Waals surface area contributed by atoms with Gasteiger partial charge in [0, 0.05) is 11.4 Å². The Labute approximate surface area is 168 Å². The van der Waals surface area contributed by atoms with Gasteiger partial charge in [0.15, 0.2) is 0 Å². The summed E-state index contributed by atoms with van der Waals surface area (Å²) in [7, 11) is 0. The topological polar surface area (TPSA) is 95.2 Å². The first kappa shape index (κ1) is 18.9. The van der Waals surface area contributed by atoms with Crippen molar-refractivity contribution in [2.45, 2.75) is 37.8 Å². The molecule has 1 aromatic heterocycles. The largest absolute Gasteiger partial charge is 0.457 e. The molecule has 3 aromatic rings. The smallest absolute Gasteiger partial charge is 0.270 e. The first-order chi connectivity index (χ1) is 14.1. The molecular weight excluding hydrogens is 366 g/mol. The van der Waals surface area contributed by atoms with Gasteiger partial charge in [-0.15, -0.1) is 0 Å². The highest BCUT2D eigenvalue weighted by Gasteiger charge is 2.22. The first-order valence-electron chi connectivity index (χ1n) is 9.68. The number of nitrogens with zero attached hydrogens (tertiary/aromatic N) is 2. The SMILES string of the molecule is N#Cc1ccc(Oc2ccc3nc(C(=O)NC4CCCC(O)C4)ccc3c2)cc1. The van der Waals surface area contributed by atoms with E-state index >= 15 is 0 Å². The summed E-state index contributed by atoms with van der Waals surface area (Å²) >= 11 is 0. The van der Waals surface area contributed by atoms with Crippen LogP contribution in [0.1, 0.15) is 41.7 Å². The minimum atomic E-state index is -0.340. The number of rotatable bonds is 4. The number of aromatic nitrogens is 1. The van der Waals surface area contributed by atoms with Crippen molar-refractivity contribution in [1.82, 2.24) is 10.3 Å². The normalized spacial score (nSPS) is 18.8. The predicted octanol–water partition coefficient (Wildman–Crippen LogP) is 3.93. The highest BCUT2D eigenvalue weighted by Crippen LogP contribution is 2.26. The number of carbonyl (C=O) groups is 1. The van der Waals surface area contributed by atoms with E-state index in [-0.39, 0.29) is 18.1 Å². The average molecular weight is 387 g/mol. The number of aliphatic hydroxyl groups excluding tert-OH is 1. The lowest BCUT2D eigenvalue weighted by atomic mass is 9.93. The lowest BCUT2D eigenvalue weighted by molar-refractivity contribution is 0.0846. The molecule has 2 N–H and O–H groups in total. The number of fused-ring (bicyclic) bond motifs is 1. The van der Waals surface area contributed by atoms with E-state index in [1.54, 1.807) is 36.4 Å². The van der Waals surface area contributed by atoms with Crippen LogP contribution >= 0.6 is 0 Å². The van der Waals surface area contributed by atoms with E-state index in [9.17, 15) is 9.90 Å². The van der Waals surface area contributed by atoms with Crippen molar-refractivity contribution in [3.8, 4) is 17.6 Å². The molecule has 0 aliphatic heterocycles. The van der Waals surface area contributed by atoms with E-state index in [1.165, 1.54) is 0 Å². The quantitative estimate of drug-likeness (QED) is 0.707. The molecule has 1 saturated carbocycles. The van der Waals surface area contributed by atoms with Crippen molar-refractivity contribution in [2.75, 3.05) is 0 Å². The second kappa shape index (κ2) is 8.29. The minimum absolute atomic E-state index is 0.00746. The second-order valence-electron chi connectivity index (χ2n) is 7.28. The molecule has 4 rings (SSSR count). The molecule has 29 heavy (non-hydrogen) atoms. The van der Waals surface area contributed by atoms with Crippen LogP contribution in [0.2, 0.25) is 0 Å². The molecule has 1 heterocycles.